The summed E-state index contributed by atoms with van der Waals surface area (Å²) in [5.74, 6) is 1.37. The van der Waals surface area contributed by atoms with Crippen LogP contribution in [0.2, 0.25) is 0 Å². The van der Waals surface area contributed by atoms with Crippen LogP contribution in [-0.4, -0.2) is 42.5 Å². The Balaban J connectivity index is 1.85. The highest BCUT2D eigenvalue weighted by atomic mass is 32.2. The maximum absolute atomic E-state index is 11.8. The maximum atomic E-state index is 11.8. The molecule has 1 aromatic rings. The highest BCUT2D eigenvalue weighted by Crippen LogP contribution is 2.29. The molecule has 2 aliphatic rings. The van der Waals surface area contributed by atoms with Crippen molar-refractivity contribution in [3.8, 4) is 0 Å². The first kappa shape index (κ1) is 17.9. The predicted octanol–water partition coefficient (Wildman–Crippen LogP) is 2.90. The summed E-state index contributed by atoms with van der Waals surface area (Å²) in [5.41, 5.74) is 9.30. The first-order valence-electron chi connectivity index (χ1n) is 8.77. The molecule has 3 N–H and O–H groups in total. The van der Waals surface area contributed by atoms with E-state index in [1.165, 1.54) is 12.8 Å². The molecule has 1 fully saturated rings. The molecule has 1 amide bonds. The van der Waals surface area contributed by atoms with Crippen LogP contribution in [0.3, 0.4) is 0 Å². The van der Waals surface area contributed by atoms with E-state index in [0.717, 1.165) is 47.3 Å². The number of benzene rings is 1. The maximum Gasteiger partial charge on any atom is 0.219 e. The van der Waals surface area contributed by atoms with Crippen LogP contribution in [0, 0.1) is 5.92 Å². The van der Waals surface area contributed by atoms with Gasteiger partial charge in [0.2, 0.25) is 5.91 Å². The Morgan fingerprint density at radius 1 is 1.44 bits per heavy atom. The standard InChI is InChI=1S/C19H26N4OS/c1-13(24)23-9-8-18(21-11-14-6-7-14)17(12-23)19(20)22-15-4-3-5-16(10-15)25-2/h3-5,10,14,21H,6-9,11-12H2,1-2H3,(H2,20,22). The molecule has 0 radical (unpaired) electrons. The lowest BCUT2D eigenvalue weighted by Crippen LogP contribution is -2.41. The van der Waals surface area contributed by atoms with Gasteiger partial charge in [0.15, 0.2) is 0 Å². The molecule has 0 saturated heterocycles. The average molecular weight is 359 g/mol. The van der Waals surface area contributed by atoms with Gasteiger partial charge in [-0.1, -0.05) is 6.07 Å². The van der Waals surface area contributed by atoms with Gasteiger partial charge in [0.1, 0.15) is 5.84 Å². The van der Waals surface area contributed by atoms with Crippen LogP contribution in [0.4, 0.5) is 5.69 Å². The van der Waals surface area contributed by atoms with Crippen LogP contribution in [0.1, 0.15) is 26.2 Å². The normalized spacial score (nSPS) is 18.5. The molecule has 0 atom stereocenters. The van der Waals surface area contributed by atoms with E-state index in [9.17, 15) is 4.79 Å². The molecule has 5 nitrogen and oxygen atoms in total. The number of thioether (sulfide) groups is 1. The Kier molecular flexibility index (Phi) is 5.68. The molecule has 1 aromatic carbocycles. The van der Waals surface area contributed by atoms with Crippen LogP contribution in [0.5, 0.6) is 0 Å². The topological polar surface area (TPSA) is 70.7 Å². The largest absolute Gasteiger partial charge is 0.388 e. The summed E-state index contributed by atoms with van der Waals surface area (Å²) in [6.07, 6.45) is 5.46. The van der Waals surface area contributed by atoms with E-state index in [-0.39, 0.29) is 5.91 Å². The van der Waals surface area contributed by atoms with Gasteiger partial charge >= 0.3 is 0 Å². The van der Waals surface area contributed by atoms with Gasteiger partial charge in [-0.05, 0) is 43.2 Å². The van der Waals surface area contributed by atoms with E-state index < -0.39 is 0 Å². The Hall–Kier alpha value is -1.95. The SMILES string of the molecule is CSc1cccc(N=C(N)C2=C(NCC3CC3)CCN(C(C)=O)C2)c1. The molecule has 1 aliphatic carbocycles. The fourth-order valence-electron chi connectivity index (χ4n) is 2.94. The molecule has 1 aliphatic heterocycles. The number of hydrogen-bond donors (Lipinski definition) is 2. The summed E-state index contributed by atoms with van der Waals surface area (Å²) in [6.45, 7) is 3.87. The van der Waals surface area contributed by atoms with Gasteiger partial charge in [-0.15, -0.1) is 11.8 Å². The molecule has 25 heavy (non-hydrogen) atoms. The number of aliphatic imine (C=N–C) groups is 1. The fraction of sp³-hybridized carbons (Fsp3) is 0.474. The molecule has 0 unspecified atom stereocenters. The van der Waals surface area contributed by atoms with Crippen LogP contribution in [0.25, 0.3) is 0 Å². The third-order valence-corrected chi connectivity index (χ3v) is 5.43. The van der Waals surface area contributed by atoms with Crippen molar-refractivity contribution in [3.63, 3.8) is 0 Å². The third-order valence-electron chi connectivity index (χ3n) is 4.70. The quantitative estimate of drug-likeness (QED) is 0.466. The average Bonchev–Trinajstić information content (AvgIpc) is 3.44. The highest BCUT2D eigenvalue weighted by molar-refractivity contribution is 7.98. The monoisotopic (exact) mass is 358 g/mol. The van der Waals surface area contributed by atoms with Crippen molar-refractivity contribution in [2.45, 2.75) is 31.1 Å². The summed E-state index contributed by atoms with van der Waals surface area (Å²) in [6, 6.07) is 8.03. The van der Waals surface area contributed by atoms with Gasteiger partial charge in [0.25, 0.3) is 0 Å². The summed E-state index contributed by atoms with van der Waals surface area (Å²) in [5, 5.41) is 3.56. The van der Waals surface area contributed by atoms with E-state index in [4.69, 9.17) is 5.73 Å². The van der Waals surface area contributed by atoms with Gasteiger partial charge < -0.3 is 16.0 Å². The Bertz CT molecular complexity index is 709. The lowest BCUT2D eigenvalue weighted by Gasteiger charge is -2.30. The molecule has 1 saturated carbocycles. The summed E-state index contributed by atoms with van der Waals surface area (Å²) >= 11 is 1.68. The number of rotatable bonds is 6. The van der Waals surface area contributed by atoms with E-state index in [2.05, 4.69) is 16.4 Å². The number of nitrogens with zero attached hydrogens (tertiary/aromatic N) is 2. The number of hydrogen-bond acceptors (Lipinski definition) is 4. The minimum atomic E-state index is 0.0796. The van der Waals surface area contributed by atoms with Crippen LogP contribution >= 0.6 is 11.8 Å². The second kappa shape index (κ2) is 7.95. The summed E-state index contributed by atoms with van der Waals surface area (Å²) < 4.78 is 0. The summed E-state index contributed by atoms with van der Waals surface area (Å²) in [7, 11) is 0. The van der Waals surface area contributed by atoms with E-state index >= 15 is 0 Å². The molecule has 0 bridgehead atoms. The number of carbonyl (C=O) groups excluding carboxylic acids is 1. The van der Waals surface area contributed by atoms with E-state index in [1.807, 2.05) is 29.4 Å². The number of amides is 1. The van der Waals surface area contributed by atoms with Gasteiger partial charge in [-0.2, -0.15) is 0 Å². The van der Waals surface area contributed by atoms with Crippen molar-refractivity contribution < 1.29 is 4.79 Å². The molecule has 6 heteroatoms. The molecular formula is C19H26N4OS. The Morgan fingerprint density at radius 2 is 2.24 bits per heavy atom. The Labute approximate surface area is 153 Å². The van der Waals surface area contributed by atoms with Gasteiger partial charge in [0, 0.05) is 42.6 Å². The molecule has 0 spiro atoms. The van der Waals surface area contributed by atoms with E-state index in [0.29, 0.717) is 12.4 Å². The lowest BCUT2D eigenvalue weighted by molar-refractivity contribution is -0.128. The fourth-order valence-corrected chi connectivity index (χ4v) is 3.39. The van der Waals surface area contributed by atoms with Crippen molar-refractivity contribution in [2.75, 3.05) is 25.9 Å². The second-order valence-electron chi connectivity index (χ2n) is 6.67. The van der Waals surface area contributed by atoms with Crippen molar-refractivity contribution in [2.24, 2.45) is 16.6 Å². The summed E-state index contributed by atoms with van der Waals surface area (Å²) in [4.78, 5) is 19.4. The van der Waals surface area contributed by atoms with Gasteiger partial charge in [-0.3, -0.25) is 4.79 Å². The van der Waals surface area contributed by atoms with Crippen molar-refractivity contribution >= 4 is 29.2 Å². The molecule has 3 rings (SSSR count). The minimum Gasteiger partial charge on any atom is -0.388 e. The Morgan fingerprint density at radius 3 is 2.92 bits per heavy atom. The number of carbonyl (C=O) groups is 1. The molecule has 0 aromatic heterocycles. The third kappa shape index (κ3) is 4.78. The van der Waals surface area contributed by atoms with Crippen LogP contribution in [-0.2, 0) is 4.79 Å². The van der Waals surface area contributed by atoms with Crippen molar-refractivity contribution in [3.05, 3.63) is 35.5 Å². The predicted molar refractivity (Wildman–Crippen MR) is 104 cm³/mol. The molecule has 134 valence electrons. The number of nitrogens with one attached hydrogen (secondary N) is 1. The zero-order valence-corrected chi connectivity index (χ0v) is 15.7. The smallest absolute Gasteiger partial charge is 0.219 e. The van der Waals surface area contributed by atoms with Crippen molar-refractivity contribution in [1.29, 1.82) is 0 Å². The van der Waals surface area contributed by atoms with Gasteiger partial charge in [-0.25, -0.2) is 4.99 Å². The lowest BCUT2D eigenvalue weighted by atomic mass is 10.0. The second-order valence-corrected chi connectivity index (χ2v) is 7.55. The van der Waals surface area contributed by atoms with Crippen LogP contribution in [0.15, 0.2) is 45.4 Å². The highest BCUT2D eigenvalue weighted by Gasteiger charge is 2.26. The van der Waals surface area contributed by atoms with E-state index in [1.54, 1.807) is 18.7 Å². The van der Waals surface area contributed by atoms with Crippen molar-refractivity contribution in [1.82, 2.24) is 10.2 Å². The first-order valence-corrected chi connectivity index (χ1v) is 9.99. The van der Waals surface area contributed by atoms with Gasteiger partial charge in [0.05, 0.1) is 12.2 Å². The first-order chi connectivity index (χ1) is 12.1. The molecular weight excluding hydrogens is 332 g/mol. The number of nitrogens with two attached hydrogens (primary N) is 1. The number of amidine groups is 1. The zero-order valence-electron chi connectivity index (χ0n) is 14.9. The zero-order chi connectivity index (χ0) is 17.8. The molecule has 1 heterocycles. The van der Waals surface area contributed by atoms with Crippen LogP contribution < -0.4 is 11.1 Å². The minimum absolute atomic E-state index is 0.0796.